The number of benzene rings is 2. The van der Waals surface area contributed by atoms with Crippen LogP contribution in [0.3, 0.4) is 0 Å². The number of rotatable bonds is 4. The van der Waals surface area contributed by atoms with Crippen LogP contribution in [-0.4, -0.2) is 84.0 Å². The van der Waals surface area contributed by atoms with E-state index in [0.717, 1.165) is 5.39 Å². The van der Waals surface area contributed by atoms with Crippen LogP contribution < -0.4 is 0 Å². The minimum absolute atomic E-state index is 0.0428. The second-order valence-corrected chi connectivity index (χ2v) is 10.2. The largest absolute Gasteiger partial charge is 0.506 e. The van der Waals surface area contributed by atoms with Crippen molar-refractivity contribution in [2.45, 2.75) is 25.8 Å². The number of phenolic OH excluding ortho intramolecular Hbond substituents is 1. The Hall–Kier alpha value is -2.65. The second kappa shape index (κ2) is 8.47. The number of nitrogens with zero attached hydrogens (tertiary/aromatic N) is 3. The molecular formula is C22H27N3O5S. The summed E-state index contributed by atoms with van der Waals surface area (Å²) in [7, 11) is -3.27. The van der Waals surface area contributed by atoms with Gasteiger partial charge in [-0.15, -0.1) is 0 Å². The van der Waals surface area contributed by atoms with E-state index >= 15 is 0 Å². The number of aromatic hydroxyl groups is 1. The topological polar surface area (TPSA) is 98.2 Å². The number of fused-ring (bicyclic) bond motifs is 1. The number of hydrogen-bond acceptors (Lipinski definition) is 5. The fourth-order valence-corrected chi connectivity index (χ4v) is 5.51. The molecule has 0 radical (unpaired) electrons. The number of likely N-dealkylation sites (tertiary alicyclic amines) is 1. The number of sulfonamides is 1. The molecule has 1 N–H and O–H groups in total. The lowest BCUT2D eigenvalue weighted by molar-refractivity contribution is -0.136. The molecule has 2 amide bonds. The van der Waals surface area contributed by atoms with Crippen LogP contribution in [0.5, 0.6) is 5.75 Å². The molecule has 2 saturated heterocycles. The van der Waals surface area contributed by atoms with Crippen molar-refractivity contribution in [1.29, 1.82) is 0 Å². The Kier molecular flexibility index (Phi) is 5.90. The first-order valence-corrected chi connectivity index (χ1v) is 12.2. The third kappa shape index (κ3) is 3.99. The van der Waals surface area contributed by atoms with Gasteiger partial charge >= 0.3 is 0 Å². The Balaban J connectivity index is 1.50. The van der Waals surface area contributed by atoms with Crippen LogP contribution in [0, 0.1) is 0 Å². The number of hydrogen-bond donors (Lipinski definition) is 1. The van der Waals surface area contributed by atoms with E-state index in [0.29, 0.717) is 37.9 Å². The zero-order chi connectivity index (χ0) is 22.2. The molecule has 2 fully saturated rings. The van der Waals surface area contributed by atoms with Crippen molar-refractivity contribution in [3.63, 3.8) is 0 Å². The predicted molar refractivity (Wildman–Crippen MR) is 117 cm³/mol. The highest BCUT2D eigenvalue weighted by Gasteiger charge is 2.39. The van der Waals surface area contributed by atoms with Crippen molar-refractivity contribution in [2.75, 3.05) is 38.5 Å². The maximum atomic E-state index is 13.2. The van der Waals surface area contributed by atoms with E-state index in [4.69, 9.17) is 0 Å². The van der Waals surface area contributed by atoms with Crippen molar-refractivity contribution < 1.29 is 23.1 Å². The highest BCUT2D eigenvalue weighted by molar-refractivity contribution is 7.89. The zero-order valence-corrected chi connectivity index (χ0v) is 18.3. The molecule has 2 aliphatic heterocycles. The summed E-state index contributed by atoms with van der Waals surface area (Å²) in [6.07, 6.45) is 1.27. The first-order valence-electron chi connectivity index (χ1n) is 10.6. The molecule has 1 atom stereocenters. The third-order valence-corrected chi connectivity index (χ3v) is 8.12. The smallest absolute Gasteiger partial charge is 0.258 e. The van der Waals surface area contributed by atoms with E-state index in [2.05, 4.69) is 0 Å². The van der Waals surface area contributed by atoms with Crippen LogP contribution in [-0.2, 0) is 14.8 Å². The third-order valence-electron chi connectivity index (χ3n) is 6.24. The summed E-state index contributed by atoms with van der Waals surface area (Å²) < 4.78 is 25.5. The van der Waals surface area contributed by atoms with E-state index in [-0.39, 0.29) is 42.0 Å². The van der Waals surface area contributed by atoms with Gasteiger partial charge in [0, 0.05) is 38.1 Å². The van der Waals surface area contributed by atoms with Gasteiger partial charge in [0.05, 0.1) is 11.3 Å². The lowest BCUT2D eigenvalue weighted by Crippen LogP contribution is -2.55. The number of piperazine rings is 1. The SMILES string of the molecule is CCS(=O)(=O)N1CCN(C(=O)C2CCCN2C(=O)c2ccc3ccccc3c2O)CC1. The van der Waals surface area contributed by atoms with Crippen LogP contribution >= 0.6 is 0 Å². The van der Waals surface area contributed by atoms with Gasteiger partial charge in [0.25, 0.3) is 5.91 Å². The minimum atomic E-state index is -3.27. The zero-order valence-electron chi connectivity index (χ0n) is 17.5. The molecule has 0 spiro atoms. The van der Waals surface area contributed by atoms with E-state index in [1.165, 1.54) is 4.31 Å². The summed E-state index contributed by atoms with van der Waals surface area (Å²) in [5, 5.41) is 12.1. The molecule has 2 aliphatic rings. The maximum absolute atomic E-state index is 13.2. The van der Waals surface area contributed by atoms with Gasteiger partial charge in [-0.1, -0.05) is 30.3 Å². The van der Waals surface area contributed by atoms with Crippen LogP contribution in [0.2, 0.25) is 0 Å². The standard InChI is InChI=1S/C22H27N3O5S/c1-2-31(29,30)24-14-12-23(13-15-24)22(28)19-8-5-11-25(19)21(27)18-10-9-16-6-3-4-7-17(16)20(18)26/h3-4,6-7,9-10,19,26H,2,5,8,11-15H2,1H3. The van der Waals surface area contributed by atoms with Gasteiger partial charge in [0.2, 0.25) is 15.9 Å². The average Bonchev–Trinajstić information content (AvgIpc) is 3.28. The Labute approximate surface area is 182 Å². The Morgan fingerprint density at radius 1 is 1.03 bits per heavy atom. The fourth-order valence-electron chi connectivity index (χ4n) is 4.43. The van der Waals surface area contributed by atoms with Crippen molar-refractivity contribution in [2.24, 2.45) is 0 Å². The number of carbonyl (C=O) groups excluding carboxylic acids is 2. The lowest BCUT2D eigenvalue weighted by Gasteiger charge is -2.36. The molecule has 0 aliphatic carbocycles. The molecule has 2 heterocycles. The first kappa shape index (κ1) is 21.6. The molecule has 166 valence electrons. The molecule has 2 aromatic rings. The summed E-state index contributed by atoms with van der Waals surface area (Å²) in [5.74, 6) is -0.535. The summed E-state index contributed by atoms with van der Waals surface area (Å²) >= 11 is 0. The molecule has 0 bridgehead atoms. The number of amides is 2. The second-order valence-electron chi connectivity index (χ2n) is 7.96. The molecule has 31 heavy (non-hydrogen) atoms. The van der Waals surface area contributed by atoms with Crippen molar-refractivity contribution in [1.82, 2.24) is 14.1 Å². The molecule has 4 rings (SSSR count). The lowest BCUT2D eigenvalue weighted by atomic mass is 10.0. The quantitative estimate of drug-likeness (QED) is 0.772. The summed E-state index contributed by atoms with van der Waals surface area (Å²) in [5.41, 5.74) is 0.192. The van der Waals surface area contributed by atoms with Gasteiger partial charge in [-0.25, -0.2) is 8.42 Å². The Bertz CT molecular complexity index is 1110. The Morgan fingerprint density at radius 3 is 2.45 bits per heavy atom. The van der Waals surface area contributed by atoms with E-state index in [1.807, 2.05) is 12.1 Å². The van der Waals surface area contributed by atoms with Gasteiger partial charge in [-0.05, 0) is 31.2 Å². The normalized spacial score (nSPS) is 20.4. The summed E-state index contributed by atoms with van der Waals surface area (Å²) in [6.45, 7) is 3.24. The van der Waals surface area contributed by atoms with Crippen molar-refractivity contribution in [3.8, 4) is 5.75 Å². The number of phenols is 1. The molecule has 9 heteroatoms. The summed E-state index contributed by atoms with van der Waals surface area (Å²) in [4.78, 5) is 29.6. The van der Waals surface area contributed by atoms with Crippen molar-refractivity contribution >= 4 is 32.6 Å². The summed E-state index contributed by atoms with van der Waals surface area (Å²) in [6, 6.07) is 10.1. The first-order chi connectivity index (χ1) is 14.8. The van der Waals surface area contributed by atoms with Gasteiger partial charge in [0.15, 0.2) is 0 Å². The Morgan fingerprint density at radius 2 is 1.74 bits per heavy atom. The highest BCUT2D eigenvalue weighted by atomic mass is 32.2. The molecule has 8 nitrogen and oxygen atoms in total. The van der Waals surface area contributed by atoms with Crippen LogP contribution in [0.1, 0.15) is 30.1 Å². The predicted octanol–water partition coefficient (Wildman–Crippen LogP) is 1.64. The minimum Gasteiger partial charge on any atom is -0.506 e. The van der Waals surface area contributed by atoms with Crippen LogP contribution in [0.25, 0.3) is 10.8 Å². The van der Waals surface area contributed by atoms with Crippen LogP contribution in [0.4, 0.5) is 0 Å². The van der Waals surface area contributed by atoms with E-state index in [9.17, 15) is 23.1 Å². The average molecular weight is 446 g/mol. The van der Waals surface area contributed by atoms with Gasteiger partial charge in [-0.2, -0.15) is 4.31 Å². The van der Waals surface area contributed by atoms with Gasteiger partial charge < -0.3 is 14.9 Å². The van der Waals surface area contributed by atoms with E-state index < -0.39 is 16.1 Å². The van der Waals surface area contributed by atoms with Gasteiger partial charge in [-0.3, -0.25) is 9.59 Å². The monoisotopic (exact) mass is 445 g/mol. The molecule has 1 unspecified atom stereocenters. The van der Waals surface area contributed by atoms with E-state index in [1.54, 1.807) is 41.0 Å². The van der Waals surface area contributed by atoms with Crippen LogP contribution in [0.15, 0.2) is 36.4 Å². The highest BCUT2D eigenvalue weighted by Crippen LogP contribution is 2.31. The number of carbonyl (C=O) groups is 2. The van der Waals surface area contributed by atoms with Crippen molar-refractivity contribution in [3.05, 3.63) is 42.0 Å². The maximum Gasteiger partial charge on any atom is 0.258 e. The molecule has 0 aromatic heterocycles. The molecule has 2 aromatic carbocycles. The molecular weight excluding hydrogens is 418 g/mol. The fraction of sp³-hybridized carbons (Fsp3) is 0.455. The molecule has 0 saturated carbocycles. The van der Waals surface area contributed by atoms with Gasteiger partial charge in [0.1, 0.15) is 11.8 Å².